The summed E-state index contributed by atoms with van der Waals surface area (Å²) in [4.78, 5) is 25.5. The van der Waals surface area contributed by atoms with E-state index in [9.17, 15) is 9.59 Å². The van der Waals surface area contributed by atoms with Crippen LogP contribution in [-0.4, -0.2) is 28.6 Å². The van der Waals surface area contributed by atoms with Crippen LogP contribution >= 0.6 is 11.6 Å². The van der Waals surface area contributed by atoms with Crippen LogP contribution in [0.15, 0.2) is 58.1 Å². The molecule has 0 aliphatic carbocycles. The van der Waals surface area contributed by atoms with E-state index in [1.807, 2.05) is 6.07 Å². The molecule has 0 unspecified atom stereocenters. The Hall–Kier alpha value is -2.90. The molecule has 0 amide bonds. The van der Waals surface area contributed by atoms with Crippen LogP contribution < -0.4 is 16.0 Å². The number of nitrogens with zero attached hydrogens (tertiary/aromatic N) is 3. The van der Waals surface area contributed by atoms with Gasteiger partial charge in [-0.1, -0.05) is 35.9 Å². The van der Waals surface area contributed by atoms with Crippen LogP contribution in [0.4, 0.5) is 0 Å². The lowest BCUT2D eigenvalue weighted by molar-refractivity contribution is 0.185. The molecule has 1 aromatic heterocycles. The lowest BCUT2D eigenvalue weighted by atomic mass is 10.2. The first kappa shape index (κ1) is 18.9. The highest BCUT2D eigenvalue weighted by Gasteiger charge is 2.15. The number of aromatic nitrogens is 3. The van der Waals surface area contributed by atoms with Gasteiger partial charge in [0.05, 0.1) is 25.9 Å². The maximum Gasteiger partial charge on any atom is 0.352 e. The minimum atomic E-state index is -0.596. The fourth-order valence-corrected chi connectivity index (χ4v) is 2.77. The molecule has 0 radical (unpaired) electrons. The lowest BCUT2D eigenvalue weighted by Gasteiger charge is -2.12. The van der Waals surface area contributed by atoms with Crippen molar-refractivity contribution in [1.29, 1.82) is 0 Å². The molecule has 27 heavy (non-hydrogen) atoms. The van der Waals surface area contributed by atoms with E-state index in [1.54, 1.807) is 49.6 Å². The Kier molecular flexibility index (Phi) is 5.73. The summed E-state index contributed by atoms with van der Waals surface area (Å²) in [6, 6.07) is 14.1. The Morgan fingerprint density at radius 2 is 1.78 bits per heavy atom. The number of hydrogen-bond acceptors (Lipinski definition) is 5. The molecular weight excluding hydrogens is 370 g/mol. The Bertz CT molecular complexity index is 1060. The zero-order valence-corrected chi connectivity index (χ0v) is 15.6. The van der Waals surface area contributed by atoms with Crippen molar-refractivity contribution < 1.29 is 9.47 Å². The Labute approximate surface area is 160 Å². The largest absolute Gasteiger partial charge is 0.476 e. The van der Waals surface area contributed by atoms with Gasteiger partial charge in [0.1, 0.15) is 0 Å². The average molecular weight is 388 g/mol. The van der Waals surface area contributed by atoms with Crippen molar-refractivity contribution in [2.24, 2.45) is 0 Å². The van der Waals surface area contributed by atoms with Gasteiger partial charge in [0, 0.05) is 12.1 Å². The molecule has 0 saturated carbocycles. The van der Waals surface area contributed by atoms with Gasteiger partial charge in [-0.05, 0) is 35.4 Å². The summed E-state index contributed by atoms with van der Waals surface area (Å²) >= 11 is 5.90. The highest BCUT2D eigenvalue weighted by molar-refractivity contribution is 6.30. The first-order chi connectivity index (χ1) is 13.0. The first-order valence-electron chi connectivity index (χ1n) is 8.14. The zero-order valence-electron chi connectivity index (χ0n) is 14.9. The number of hydrogen-bond donors (Lipinski definition) is 0. The van der Waals surface area contributed by atoms with Crippen molar-refractivity contribution >= 4 is 11.6 Å². The molecule has 7 nitrogen and oxygen atoms in total. The Morgan fingerprint density at radius 1 is 1.04 bits per heavy atom. The van der Waals surface area contributed by atoms with Crippen LogP contribution in [-0.2, 0) is 17.9 Å². The van der Waals surface area contributed by atoms with Gasteiger partial charge in [0.2, 0.25) is 0 Å². The summed E-state index contributed by atoms with van der Waals surface area (Å²) in [5.74, 6) is -0.166. The molecule has 0 aliphatic heterocycles. The van der Waals surface area contributed by atoms with Gasteiger partial charge in [-0.3, -0.25) is 4.79 Å². The smallest absolute Gasteiger partial charge is 0.352 e. The molecule has 3 aromatic rings. The van der Waals surface area contributed by atoms with Crippen molar-refractivity contribution in [2.75, 3.05) is 14.2 Å². The molecule has 0 N–H and O–H groups in total. The molecule has 0 spiro atoms. The van der Waals surface area contributed by atoms with E-state index in [4.69, 9.17) is 21.1 Å². The van der Waals surface area contributed by atoms with Crippen LogP contribution in [0.3, 0.4) is 0 Å². The predicted molar refractivity (Wildman–Crippen MR) is 102 cm³/mol. The van der Waals surface area contributed by atoms with Crippen molar-refractivity contribution in [3.05, 3.63) is 85.5 Å². The van der Waals surface area contributed by atoms with Gasteiger partial charge in [-0.15, -0.1) is 5.10 Å². The van der Waals surface area contributed by atoms with Crippen molar-refractivity contribution in [1.82, 2.24) is 14.3 Å². The third kappa shape index (κ3) is 4.10. The topological polar surface area (TPSA) is 75.3 Å². The van der Waals surface area contributed by atoms with E-state index in [0.717, 1.165) is 20.4 Å². The van der Waals surface area contributed by atoms with Gasteiger partial charge >= 0.3 is 11.2 Å². The second-order valence-corrected chi connectivity index (χ2v) is 6.26. The molecule has 8 heteroatoms. The highest BCUT2D eigenvalue weighted by Crippen LogP contribution is 2.12. The normalized spacial score (nSPS) is 10.8. The standard InChI is InChI=1S/C19H18ClN3O4/c1-26-12-14-4-3-5-16(10-14)23-19(25)22(18(24)17(21-23)27-2)11-13-6-8-15(20)9-7-13/h3-10H,11-12H2,1-2H3. The molecule has 1 heterocycles. The van der Waals surface area contributed by atoms with Crippen LogP contribution in [0.25, 0.3) is 5.69 Å². The summed E-state index contributed by atoms with van der Waals surface area (Å²) in [5, 5.41) is 4.64. The van der Waals surface area contributed by atoms with Crippen LogP contribution in [0.2, 0.25) is 5.02 Å². The highest BCUT2D eigenvalue weighted by atomic mass is 35.5. The Morgan fingerprint density at radius 3 is 2.44 bits per heavy atom. The SMILES string of the molecule is COCc1cccc(-n2nc(OC)c(=O)n(Cc3ccc(Cl)cc3)c2=O)c1. The molecule has 3 rings (SSSR count). The number of halogens is 1. The van der Waals surface area contributed by atoms with Crippen molar-refractivity contribution in [2.45, 2.75) is 13.2 Å². The second kappa shape index (κ2) is 8.20. The number of rotatable bonds is 6. The fraction of sp³-hybridized carbons (Fsp3) is 0.211. The van der Waals surface area contributed by atoms with E-state index in [0.29, 0.717) is 17.3 Å². The van der Waals surface area contributed by atoms with Gasteiger partial charge in [-0.25, -0.2) is 9.36 Å². The first-order valence-corrected chi connectivity index (χ1v) is 8.52. The number of benzene rings is 2. The third-order valence-corrected chi connectivity index (χ3v) is 4.20. The van der Waals surface area contributed by atoms with E-state index in [2.05, 4.69) is 5.10 Å². The van der Waals surface area contributed by atoms with E-state index < -0.39 is 11.2 Å². The molecule has 0 saturated heterocycles. The average Bonchev–Trinajstić information content (AvgIpc) is 2.67. The van der Waals surface area contributed by atoms with Crippen LogP contribution in [0.1, 0.15) is 11.1 Å². The second-order valence-electron chi connectivity index (χ2n) is 5.82. The Balaban J connectivity index is 2.13. The zero-order chi connectivity index (χ0) is 19.4. The minimum Gasteiger partial charge on any atom is -0.476 e. The summed E-state index contributed by atoms with van der Waals surface area (Å²) in [6.45, 7) is 0.468. The quantitative estimate of drug-likeness (QED) is 0.648. The maximum absolute atomic E-state index is 12.9. The molecule has 0 atom stereocenters. The molecule has 0 fully saturated rings. The molecular formula is C19H18ClN3O4. The van der Waals surface area contributed by atoms with Crippen LogP contribution in [0, 0.1) is 0 Å². The molecule has 0 bridgehead atoms. The van der Waals surface area contributed by atoms with E-state index >= 15 is 0 Å². The summed E-state index contributed by atoms with van der Waals surface area (Å²) in [6.07, 6.45) is 0. The summed E-state index contributed by atoms with van der Waals surface area (Å²) in [7, 11) is 2.93. The van der Waals surface area contributed by atoms with Gasteiger partial charge < -0.3 is 9.47 Å². The number of methoxy groups -OCH3 is 2. The number of ether oxygens (including phenoxy) is 2. The van der Waals surface area contributed by atoms with Gasteiger partial charge in [0.15, 0.2) is 0 Å². The van der Waals surface area contributed by atoms with Crippen molar-refractivity contribution in [3.63, 3.8) is 0 Å². The van der Waals surface area contributed by atoms with Crippen LogP contribution in [0.5, 0.6) is 5.88 Å². The molecule has 0 aliphatic rings. The van der Waals surface area contributed by atoms with E-state index in [-0.39, 0.29) is 12.4 Å². The summed E-state index contributed by atoms with van der Waals surface area (Å²) in [5.41, 5.74) is 0.981. The van der Waals surface area contributed by atoms with Gasteiger partial charge in [-0.2, -0.15) is 4.68 Å². The third-order valence-electron chi connectivity index (χ3n) is 3.94. The minimum absolute atomic E-state index is 0.0749. The molecule has 140 valence electrons. The maximum atomic E-state index is 12.9. The monoisotopic (exact) mass is 387 g/mol. The molecule has 2 aromatic carbocycles. The lowest BCUT2D eigenvalue weighted by Crippen LogP contribution is -2.41. The van der Waals surface area contributed by atoms with Crippen molar-refractivity contribution in [3.8, 4) is 11.6 Å². The predicted octanol–water partition coefficient (Wildman–Crippen LogP) is 2.25. The van der Waals surface area contributed by atoms with Gasteiger partial charge in [0.25, 0.3) is 5.88 Å². The van der Waals surface area contributed by atoms with E-state index in [1.165, 1.54) is 7.11 Å². The summed E-state index contributed by atoms with van der Waals surface area (Å²) < 4.78 is 12.4. The fourth-order valence-electron chi connectivity index (χ4n) is 2.65.